The van der Waals surface area contributed by atoms with Gasteiger partial charge in [-0.15, -0.1) is 0 Å². The number of carbonyl (C=O) groups is 1. The summed E-state index contributed by atoms with van der Waals surface area (Å²) in [7, 11) is 0. The minimum atomic E-state index is 0.0474. The Morgan fingerprint density at radius 1 is 1.35 bits per heavy atom. The molecule has 1 aliphatic rings. The van der Waals surface area contributed by atoms with Crippen LogP contribution in [0.25, 0.3) is 0 Å². The second kappa shape index (κ2) is 8.48. The fourth-order valence-electron chi connectivity index (χ4n) is 2.37. The molecule has 17 heavy (non-hydrogen) atoms. The number of likely N-dealkylation sites (tertiary alicyclic amines) is 1. The van der Waals surface area contributed by atoms with Crippen LogP contribution in [0, 0.1) is 0 Å². The predicted molar refractivity (Wildman–Crippen MR) is 68.8 cm³/mol. The lowest BCUT2D eigenvalue weighted by Gasteiger charge is -2.32. The fraction of sp³-hybridized carbons (Fsp3) is 0.923. The van der Waals surface area contributed by atoms with Crippen LogP contribution in [0.1, 0.15) is 45.4 Å². The van der Waals surface area contributed by atoms with Crippen LogP contribution >= 0.6 is 0 Å². The molecule has 0 bridgehead atoms. The summed E-state index contributed by atoms with van der Waals surface area (Å²) in [6.45, 7) is 4.99. The molecule has 100 valence electrons. The van der Waals surface area contributed by atoms with Crippen molar-refractivity contribution in [2.75, 3.05) is 26.2 Å². The average molecular weight is 242 g/mol. The molecule has 4 heteroatoms. The van der Waals surface area contributed by atoms with Crippen LogP contribution in [0.5, 0.6) is 0 Å². The smallest absolute Gasteiger partial charge is 0.239 e. The van der Waals surface area contributed by atoms with Crippen LogP contribution < -0.4 is 5.32 Å². The van der Waals surface area contributed by atoms with Gasteiger partial charge in [-0.05, 0) is 32.2 Å². The Bertz CT molecular complexity index is 219. The number of aliphatic hydroxyl groups is 1. The van der Waals surface area contributed by atoms with E-state index in [4.69, 9.17) is 5.11 Å². The Morgan fingerprint density at radius 2 is 2.12 bits per heavy atom. The first-order chi connectivity index (χ1) is 8.29. The highest BCUT2D eigenvalue weighted by Gasteiger charge is 2.27. The Hall–Kier alpha value is -0.610. The van der Waals surface area contributed by atoms with E-state index in [1.54, 1.807) is 0 Å². The molecule has 1 unspecified atom stereocenters. The highest BCUT2D eigenvalue weighted by atomic mass is 16.2. The van der Waals surface area contributed by atoms with E-state index in [-0.39, 0.29) is 18.6 Å². The molecule has 0 spiro atoms. The molecule has 1 fully saturated rings. The summed E-state index contributed by atoms with van der Waals surface area (Å²) in [4.78, 5) is 14.1. The standard InChI is InChI=1S/C13H26N2O2/c1-2-14-12-8-7-10-15(13(12)17)9-5-3-4-6-11-16/h12,14,16H,2-11H2,1H3. The molecule has 0 aromatic rings. The quantitative estimate of drug-likeness (QED) is 0.628. The van der Waals surface area contributed by atoms with E-state index in [0.29, 0.717) is 0 Å². The van der Waals surface area contributed by atoms with Crippen molar-refractivity contribution in [2.45, 2.75) is 51.5 Å². The summed E-state index contributed by atoms with van der Waals surface area (Å²) < 4.78 is 0. The van der Waals surface area contributed by atoms with E-state index >= 15 is 0 Å². The normalized spacial score (nSPS) is 20.9. The third kappa shape index (κ3) is 5.04. The van der Waals surface area contributed by atoms with Crippen LogP contribution in [0.2, 0.25) is 0 Å². The summed E-state index contributed by atoms with van der Waals surface area (Å²) >= 11 is 0. The summed E-state index contributed by atoms with van der Waals surface area (Å²) in [5, 5.41) is 11.9. The van der Waals surface area contributed by atoms with Crippen molar-refractivity contribution in [3.8, 4) is 0 Å². The predicted octanol–water partition coefficient (Wildman–Crippen LogP) is 1.14. The second-order valence-corrected chi connectivity index (χ2v) is 4.72. The molecule has 1 atom stereocenters. The van der Waals surface area contributed by atoms with Gasteiger partial charge >= 0.3 is 0 Å². The third-order valence-corrected chi connectivity index (χ3v) is 3.32. The van der Waals surface area contributed by atoms with Crippen molar-refractivity contribution < 1.29 is 9.90 Å². The monoisotopic (exact) mass is 242 g/mol. The Balaban J connectivity index is 2.20. The topological polar surface area (TPSA) is 52.6 Å². The molecule has 1 amide bonds. The van der Waals surface area contributed by atoms with Gasteiger partial charge in [0.25, 0.3) is 0 Å². The van der Waals surface area contributed by atoms with Crippen LogP contribution in [0.4, 0.5) is 0 Å². The number of carbonyl (C=O) groups excluding carboxylic acids is 1. The lowest BCUT2D eigenvalue weighted by atomic mass is 10.0. The molecule has 1 heterocycles. The number of nitrogens with one attached hydrogen (secondary N) is 1. The van der Waals surface area contributed by atoms with Crippen molar-refractivity contribution in [3.63, 3.8) is 0 Å². The highest BCUT2D eigenvalue weighted by Crippen LogP contribution is 2.13. The van der Waals surface area contributed by atoms with Gasteiger partial charge in [0.15, 0.2) is 0 Å². The Morgan fingerprint density at radius 3 is 2.82 bits per heavy atom. The fourth-order valence-corrected chi connectivity index (χ4v) is 2.37. The molecule has 2 N–H and O–H groups in total. The van der Waals surface area contributed by atoms with Crippen molar-refractivity contribution >= 4 is 5.91 Å². The van der Waals surface area contributed by atoms with Crippen LogP contribution in [0.15, 0.2) is 0 Å². The van der Waals surface area contributed by atoms with Crippen molar-refractivity contribution in [3.05, 3.63) is 0 Å². The maximum absolute atomic E-state index is 12.1. The Kier molecular flexibility index (Phi) is 7.21. The number of rotatable bonds is 8. The first kappa shape index (κ1) is 14.5. The number of amides is 1. The average Bonchev–Trinajstić information content (AvgIpc) is 2.33. The molecule has 1 aliphatic heterocycles. The van der Waals surface area contributed by atoms with Gasteiger partial charge < -0.3 is 15.3 Å². The van der Waals surface area contributed by atoms with Crippen molar-refractivity contribution in [1.82, 2.24) is 10.2 Å². The minimum absolute atomic E-state index is 0.0474. The zero-order chi connectivity index (χ0) is 12.5. The van der Waals surface area contributed by atoms with E-state index in [9.17, 15) is 4.79 Å². The SMILES string of the molecule is CCNC1CCCN(CCCCCCO)C1=O. The number of piperidine rings is 1. The molecule has 1 saturated heterocycles. The largest absolute Gasteiger partial charge is 0.396 e. The third-order valence-electron chi connectivity index (χ3n) is 3.32. The van der Waals surface area contributed by atoms with Crippen LogP contribution in [0.3, 0.4) is 0 Å². The van der Waals surface area contributed by atoms with Gasteiger partial charge in [0.05, 0.1) is 6.04 Å². The van der Waals surface area contributed by atoms with Crippen LogP contribution in [-0.4, -0.2) is 48.2 Å². The number of nitrogens with zero attached hydrogens (tertiary/aromatic N) is 1. The molecule has 0 aromatic carbocycles. The van der Waals surface area contributed by atoms with E-state index in [1.165, 1.54) is 0 Å². The van der Waals surface area contributed by atoms with Gasteiger partial charge in [0.1, 0.15) is 0 Å². The molecule has 0 aliphatic carbocycles. The van der Waals surface area contributed by atoms with Gasteiger partial charge in [-0.25, -0.2) is 0 Å². The number of hydrogen-bond donors (Lipinski definition) is 2. The first-order valence-electron chi connectivity index (χ1n) is 6.92. The maximum Gasteiger partial charge on any atom is 0.239 e. The lowest BCUT2D eigenvalue weighted by Crippen LogP contribution is -2.50. The molecular weight excluding hydrogens is 216 g/mol. The zero-order valence-electron chi connectivity index (χ0n) is 11.0. The molecular formula is C13H26N2O2. The number of aliphatic hydroxyl groups excluding tert-OH is 1. The lowest BCUT2D eigenvalue weighted by molar-refractivity contribution is -0.136. The van der Waals surface area contributed by atoms with E-state index in [0.717, 1.165) is 58.2 Å². The summed E-state index contributed by atoms with van der Waals surface area (Å²) in [5.74, 6) is 0.278. The van der Waals surface area contributed by atoms with Crippen LogP contribution in [-0.2, 0) is 4.79 Å². The van der Waals surface area contributed by atoms with Gasteiger partial charge in [0, 0.05) is 19.7 Å². The molecule has 0 radical (unpaired) electrons. The number of hydrogen-bond acceptors (Lipinski definition) is 3. The van der Waals surface area contributed by atoms with E-state index in [1.807, 2.05) is 11.8 Å². The number of likely N-dealkylation sites (N-methyl/N-ethyl adjacent to an activating group) is 1. The number of unbranched alkanes of at least 4 members (excludes halogenated alkanes) is 3. The molecule has 0 saturated carbocycles. The Labute approximate surface area is 104 Å². The second-order valence-electron chi connectivity index (χ2n) is 4.72. The van der Waals surface area contributed by atoms with Crippen molar-refractivity contribution in [2.24, 2.45) is 0 Å². The highest BCUT2D eigenvalue weighted by molar-refractivity contribution is 5.82. The van der Waals surface area contributed by atoms with Gasteiger partial charge in [0.2, 0.25) is 5.91 Å². The molecule has 1 rings (SSSR count). The van der Waals surface area contributed by atoms with E-state index < -0.39 is 0 Å². The van der Waals surface area contributed by atoms with Gasteiger partial charge in [-0.2, -0.15) is 0 Å². The van der Waals surface area contributed by atoms with Crippen molar-refractivity contribution in [1.29, 1.82) is 0 Å². The summed E-state index contributed by atoms with van der Waals surface area (Å²) in [6.07, 6.45) is 6.21. The van der Waals surface area contributed by atoms with Gasteiger partial charge in [-0.1, -0.05) is 19.8 Å². The zero-order valence-corrected chi connectivity index (χ0v) is 11.0. The van der Waals surface area contributed by atoms with Gasteiger partial charge in [-0.3, -0.25) is 4.79 Å². The molecule has 4 nitrogen and oxygen atoms in total. The summed E-state index contributed by atoms with van der Waals surface area (Å²) in [5.41, 5.74) is 0. The maximum atomic E-state index is 12.1. The summed E-state index contributed by atoms with van der Waals surface area (Å²) in [6, 6.07) is 0.0474. The molecule has 0 aromatic heterocycles. The van der Waals surface area contributed by atoms with E-state index in [2.05, 4.69) is 5.32 Å². The first-order valence-corrected chi connectivity index (χ1v) is 6.92. The minimum Gasteiger partial charge on any atom is -0.396 e.